The largest absolute Gasteiger partial charge is 0.497 e. The summed E-state index contributed by atoms with van der Waals surface area (Å²) < 4.78 is 16.2. The normalized spacial score (nSPS) is 15.3. The molecule has 6 aromatic heterocycles. The van der Waals surface area contributed by atoms with Gasteiger partial charge in [-0.05, 0) is 117 Å². The molecule has 52 heavy (non-hydrogen) atoms. The highest BCUT2D eigenvalue weighted by Gasteiger charge is 2.51. The molecule has 0 spiro atoms. The fraction of sp³-hybridized carbons (Fsp3) is 0.222. The minimum atomic E-state index is -0.144. The lowest BCUT2D eigenvalue weighted by Crippen LogP contribution is -2.15. The SMILES string of the molecule is COc1ccc(C2(c3nnc4nc(-c5ccc(Br)s5)cnn34)CC2)cc1.COc1ccc(C2(c3nnc4ncc(-c5ccc(Br)s5)nn34)CC2)cc1. The molecule has 0 bridgehead atoms. The number of thiophene rings is 2. The van der Waals surface area contributed by atoms with Crippen molar-refractivity contribution in [3.05, 3.63) is 116 Å². The van der Waals surface area contributed by atoms with Gasteiger partial charge in [-0.3, -0.25) is 0 Å². The average Bonchev–Trinajstić information content (AvgIpc) is 3.90. The first-order valence-corrected chi connectivity index (χ1v) is 19.6. The first-order valence-electron chi connectivity index (χ1n) is 16.4. The summed E-state index contributed by atoms with van der Waals surface area (Å²) in [7, 11) is 3.35. The average molecular weight is 857 g/mol. The van der Waals surface area contributed by atoms with E-state index in [-0.39, 0.29) is 10.8 Å². The molecule has 0 radical (unpaired) electrons. The Morgan fingerprint density at radius 2 is 1.12 bits per heavy atom. The molecule has 2 aliphatic carbocycles. The van der Waals surface area contributed by atoms with Gasteiger partial charge in [0.2, 0.25) is 0 Å². The number of nitrogens with zero attached hydrogens (tertiary/aromatic N) is 10. The first kappa shape index (κ1) is 33.2. The topological polar surface area (TPSA) is 130 Å². The van der Waals surface area contributed by atoms with Gasteiger partial charge < -0.3 is 9.47 Å². The summed E-state index contributed by atoms with van der Waals surface area (Å²) in [6.45, 7) is 0. The highest BCUT2D eigenvalue weighted by molar-refractivity contribution is 9.11. The molecule has 2 aliphatic rings. The number of benzene rings is 2. The molecular formula is C36H28Br2N10O2S2. The summed E-state index contributed by atoms with van der Waals surface area (Å²) in [6.07, 6.45) is 7.64. The Bertz CT molecular complexity index is 2560. The monoisotopic (exact) mass is 854 g/mol. The Kier molecular flexibility index (Phi) is 8.36. The summed E-state index contributed by atoms with van der Waals surface area (Å²) in [4.78, 5) is 11.2. The van der Waals surface area contributed by atoms with Crippen LogP contribution in [0, 0.1) is 0 Å². The van der Waals surface area contributed by atoms with Gasteiger partial charge in [0.25, 0.3) is 11.6 Å². The third-order valence-electron chi connectivity index (χ3n) is 9.57. The highest BCUT2D eigenvalue weighted by atomic mass is 79.9. The van der Waals surface area contributed by atoms with Crippen molar-refractivity contribution in [2.75, 3.05) is 14.2 Å². The minimum Gasteiger partial charge on any atom is -0.497 e. The maximum absolute atomic E-state index is 5.27. The second-order valence-corrected chi connectivity index (χ2v) is 17.5. The lowest BCUT2D eigenvalue weighted by atomic mass is 9.95. The molecule has 12 nitrogen and oxygen atoms in total. The molecule has 0 N–H and O–H groups in total. The van der Waals surface area contributed by atoms with Gasteiger partial charge in [-0.1, -0.05) is 24.3 Å². The standard InChI is InChI=1S/2C18H14BrN5OS/c1-25-12-4-2-11(3-5-12)18(8-9-18)16-22-23-17-21-13(10-20-24(16)17)14-6-7-15(19)26-14;1-25-12-4-2-11(3-5-12)18(8-9-18)16-21-22-17-20-10-13(23-24(16)17)14-6-7-15(19)26-14/h2*2-7,10H,8-9H2,1H3. The number of fused-ring (bicyclic) bond motifs is 2. The number of hydrogen-bond donors (Lipinski definition) is 0. The van der Waals surface area contributed by atoms with Crippen LogP contribution >= 0.6 is 54.5 Å². The number of hydrogen-bond acceptors (Lipinski definition) is 12. The summed E-state index contributed by atoms with van der Waals surface area (Å²) >= 11 is 10.2. The zero-order valence-corrected chi connectivity index (χ0v) is 32.6. The number of rotatable bonds is 8. The van der Waals surface area contributed by atoms with Crippen LogP contribution in [0.25, 0.3) is 32.7 Å². The number of methoxy groups -OCH3 is 2. The van der Waals surface area contributed by atoms with Gasteiger partial charge in [0.05, 0.1) is 54.8 Å². The van der Waals surface area contributed by atoms with E-state index in [0.717, 1.165) is 77.5 Å². The van der Waals surface area contributed by atoms with Crippen LogP contribution in [-0.2, 0) is 10.8 Å². The van der Waals surface area contributed by atoms with Crippen molar-refractivity contribution in [3.8, 4) is 32.6 Å². The molecule has 2 aromatic carbocycles. The third-order valence-corrected chi connectivity index (χ3v) is 12.9. The van der Waals surface area contributed by atoms with E-state index in [4.69, 9.17) is 14.6 Å². The van der Waals surface area contributed by atoms with Crippen LogP contribution in [0.1, 0.15) is 48.5 Å². The zero-order valence-electron chi connectivity index (χ0n) is 27.8. The van der Waals surface area contributed by atoms with Crippen LogP contribution in [0.3, 0.4) is 0 Å². The predicted molar refractivity (Wildman–Crippen MR) is 205 cm³/mol. The molecule has 10 rings (SSSR count). The van der Waals surface area contributed by atoms with Crippen molar-refractivity contribution in [2.24, 2.45) is 0 Å². The fourth-order valence-corrected chi connectivity index (χ4v) is 9.15. The molecule has 0 unspecified atom stereocenters. The summed E-state index contributed by atoms with van der Waals surface area (Å²) in [5.41, 5.74) is 3.77. The molecular weight excluding hydrogens is 828 g/mol. The van der Waals surface area contributed by atoms with Crippen molar-refractivity contribution in [3.63, 3.8) is 0 Å². The van der Waals surface area contributed by atoms with E-state index in [1.165, 1.54) is 11.1 Å². The lowest BCUT2D eigenvalue weighted by Gasteiger charge is -2.14. The minimum absolute atomic E-state index is 0.131. The maximum Gasteiger partial charge on any atom is 0.272 e. The molecule has 16 heteroatoms. The molecule has 0 saturated heterocycles. The second-order valence-electron chi connectivity index (χ2n) is 12.6. The summed E-state index contributed by atoms with van der Waals surface area (Å²) in [6, 6.07) is 24.4. The van der Waals surface area contributed by atoms with E-state index in [1.807, 2.05) is 48.5 Å². The van der Waals surface area contributed by atoms with E-state index >= 15 is 0 Å². The second kappa shape index (κ2) is 13.1. The van der Waals surface area contributed by atoms with Crippen LogP contribution in [-0.4, -0.2) is 63.8 Å². The Hall–Kier alpha value is -4.64. The fourth-order valence-electron chi connectivity index (χ4n) is 6.48. The van der Waals surface area contributed by atoms with Gasteiger partial charge in [0.1, 0.15) is 22.9 Å². The first-order chi connectivity index (χ1) is 25.4. The van der Waals surface area contributed by atoms with Crippen molar-refractivity contribution >= 4 is 66.1 Å². The number of halogens is 2. The van der Waals surface area contributed by atoms with Gasteiger partial charge in [0.15, 0.2) is 11.6 Å². The lowest BCUT2D eigenvalue weighted by molar-refractivity contribution is 0.414. The van der Waals surface area contributed by atoms with Gasteiger partial charge in [0, 0.05) is 0 Å². The summed E-state index contributed by atoms with van der Waals surface area (Å²) in [5, 5.41) is 26.8. The molecule has 8 aromatic rings. The summed E-state index contributed by atoms with van der Waals surface area (Å²) in [5.74, 6) is 4.45. The van der Waals surface area contributed by atoms with E-state index in [2.05, 4.69) is 91.6 Å². The van der Waals surface area contributed by atoms with E-state index in [1.54, 1.807) is 58.3 Å². The van der Waals surface area contributed by atoms with Crippen molar-refractivity contribution < 1.29 is 9.47 Å². The Labute approximate surface area is 322 Å². The number of ether oxygens (including phenoxy) is 2. The Balaban J connectivity index is 0.000000138. The Morgan fingerprint density at radius 3 is 1.62 bits per heavy atom. The zero-order chi connectivity index (χ0) is 35.5. The van der Waals surface area contributed by atoms with Crippen molar-refractivity contribution in [1.29, 1.82) is 0 Å². The molecule has 2 fully saturated rings. The quantitative estimate of drug-likeness (QED) is 0.148. The van der Waals surface area contributed by atoms with Gasteiger partial charge >= 0.3 is 0 Å². The Morgan fingerprint density at radius 1 is 0.596 bits per heavy atom. The van der Waals surface area contributed by atoms with Crippen LogP contribution in [0.4, 0.5) is 0 Å². The molecule has 260 valence electrons. The van der Waals surface area contributed by atoms with Gasteiger partial charge in [-0.2, -0.15) is 19.2 Å². The van der Waals surface area contributed by atoms with Crippen molar-refractivity contribution in [2.45, 2.75) is 36.5 Å². The maximum atomic E-state index is 5.27. The molecule has 0 aliphatic heterocycles. The predicted octanol–water partition coefficient (Wildman–Crippen LogP) is 8.20. The van der Waals surface area contributed by atoms with Crippen LogP contribution in [0.5, 0.6) is 11.5 Å². The third kappa shape index (κ3) is 5.87. The van der Waals surface area contributed by atoms with E-state index in [9.17, 15) is 0 Å². The molecule has 0 atom stereocenters. The molecule has 0 amide bonds. The van der Waals surface area contributed by atoms with Crippen LogP contribution in [0.15, 0.2) is 92.8 Å². The van der Waals surface area contributed by atoms with Gasteiger partial charge in [-0.15, -0.1) is 43.1 Å². The number of aromatic nitrogens is 10. The van der Waals surface area contributed by atoms with E-state index < -0.39 is 0 Å². The molecule has 6 heterocycles. The van der Waals surface area contributed by atoms with Crippen LogP contribution < -0.4 is 9.47 Å². The van der Waals surface area contributed by atoms with Crippen molar-refractivity contribution in [1.82, 2.24) is 49.6 Å². The molecule has 2 saturated carbocycles. The van der Waals surface area contributed by atoms with Gasteiger partial charge in [-0.25, -0.2) is 9.97 Å². The highest BCUT2D eigenvalue weighted by Crippen LogP contribution is 2.54. The van der Waals surface area contributed by atoms with Crippen LogP contribution in [0.2, 0.25) is 0 Å². The smallest absolute Gasteiger partial charge is 0.272 e. The van der Waals surface area contributed by atoms with E-state index in [0.29, 0.717) is 11.6 Å².